The molecule has 0 saturated heterocycles. The lowest BCUT2D eigenvalue weighted by atomic mass is 10.3. The molecule has 3 aromatic heterocycles. The summed E-state index contributed by atoms with van der Waals surface area (Å²) in [6, 6.07) is 12.5. The number of hydrogen-bond acceptors (Lipinski definition) is 7. The molecule has 0 spiro atoms. The Morgan fingerprint density at radius 3 is 2.61 bits per heavy atom. The molecular formula is C20H17N3O4S. The minimum Gasteiger partial charge on any atom is -0.495 e. The number of aromatic nitrogens is 2. The Labute approximate surface area is 165 Å². The molecule has 0 N–H and O–H groups in total. The van der Waals surface area contributed by atoms with Gasteiger partial charge in [0.25, 0.3) is 5.91 Å². The lowest BCUT2D eigenvalue weighted by Gasteiger charge is -2.18. The van der Waals surface area contributed by atoms with Gasteiger partial charge in [-0.25, -0.2) is 4.98 Å². The Morgan fingerprint density at radius 1 is 1.11 bits per heavy atom. The summed E-state index contributed by atoms with van der Waals surface area (Å²) in [6.07, 6.45) is 3.16. The van der Waals surface area contributed by atoms with Gasteiger partial charge in [-0.05, 0) is 36.4 Å². The van der Waals surface area contributed by atoms with Crippen LogP contribution in [0.3, 0.4) is 0 Å². The van der Waals surface area contributed by atoms with Gasteiger partial charge in [-0.1, -0.05) is 17.4 Å². The maximum Gasteiger partial charge on any atom is 0.296 e. The Bertz CT molecular complexity index is 1050. The number of anilines is 1. The zero-order valence-corrected chi connectivity index (χ0v) is 16.1. The number of rotatable bonds is 6. The molecule has 3 heterocycles. The Kier molecular flexibility index (Phi) is 4.94. The summed E-state index contributed by atoms with van der Waals surface area (Å²) >= 11 is 1.35. The van der Waals surface area contributed by atoms with Crippen molar-refractivity contribution in [1.29, 1.82) is 0 Å². The zero-order valence-electron chi connectivity index (χ0n) is 15.3. The number of thiazole rings is 1. The van der Waals surface area contributed by atoms with Crippen molar-refractivity contribution < 1.29 is 18.7 Å². The number of pyridine rings is 1. The van der Waals surface area contributed by atoms with Gasteiger partial charge in [0, 0.05) is 6.20 Å². The first kappa shape index (κ1) is 18.0. The van der Waals surface area contributed by atoms with Gasteiger partial charge in [-0.15, -0.1) is 0 Å². The van der Waals surface area contributed by atoms with Crippen LogP contribution in [0.15, 0.2) is 59.3 Å². The number of carbonyl (C=O) groups is 1. The number of hydrogen-bond donors (Lipinski definition) is 0. The quantitative estimate of drug-likeness (QED) is 0.488. The number of nitrogens with zero attached hydrogens (tertiary/aromatic N) is 3. The summed E-state index contributed by atoms with van der Waals surface area (Å²) in [7, 11) is 3.18. The predicted octanol–water partition coefficient (Wildman–Crippen LogP) is 4.15. The highest BCUT2D eigenvalue weighted by Crippen LogP contribution is 2.40. The fourth-order valence-electron chi connectivity index (χ4n) is 2.80. The molecule has 4 aromatic rings. The van der Waals surface area contributed by atoms with Crippen LogP contribution in [0.4, 0.5) is 5.13 Å². The van der Waals surface area contributed by atoms with Crippen LogP contribution in [0.25, 0.3) is 10.2 Å². The van der Waals surface area contributed by atoms with Gasteiger partial charge in [-0.3, -0.25) is 14.7 Å². The molecule has 142 valence electrons. The van der Waals surface area contributed by atoms with E-state index >= 15 is 0 Å². The molecule has 0 aliphatic carbocycles. The van der Waals surface area contributed by atoms with Crippen LogP contribution in [-0.2, 0) is 6.54 Å². The first-order valence-electron chi connectivity index (χ1n) is 8.48. The van der Waals surface area contributed by atoms with E-state index in [2.05, 4.69) is 9.97 Å². The largest absolute Gasteiger partial charge is 0.495 e. The van der Waals surface area contributed by atoms with E-state index in [4.69, 9.17) is 13.9 Å². The minimum absolute atomic E-state index is 0.231. The van der Waals surface area contributed by atoms with Crippen molar-refractivity contribution in [2.24, 2.45) is 0 Å². The number of ether oxygens (including phenoxy) is 2. The lowest BCUT2D eigenvalue weighted by molar-refractivity contribution is 0.0958. The molecule has 1 aromatic carbocycles. The van der Waals surface area contributed by atoms with Crippen molar-refractivity contribution in [2.45, 2.75) is 6.54 Å². The molecule has 4 rings (SSSR count). The third-order valence-electron chi connectivity index (χ3n) is 4.15. The Hall–Kier alpha value is -3.39. The molecule has 0 unspecified atom stereocenters. The average Bonchev–Trinajstić information content (AvgIpc) is 3.41. The first-order valence-corrected chi connectivity index (χ1v) is 9.29. The lowest BCUT2D eigenvalue weighted by Crippen LogP contribution is -2.30. The molecule has 0 saturated carbocycles. The minimum atomic E-state index is -0.298. The van der Waals surface area contributed by atoms with Crippen molar-refractivity contribution in [3.63, 3.8) is 0 Å². The van der Waals surface area contributed by atoms with Crippen molar-refractivity contribution >= 4 is 32.6 Å². The maximum atomic E-state index is 13.1. The molecule has 0 atom stereocenters. The van der Waals surface area contributed by atoms with Gasteiger partial charge in [0.2, 0.25) is 0 Å². The number of fused-ring (bicyclic) bond motifs is 1. The SMILES string of the molecule is COc1ccc(OC)c2sc(N(Cc3ccccn3)C(=O)c3ccco3)nc12. The number of methoxy groups -OCH3 is 2. The molecule has 1 amide bonds. The molecule has 0 aliphatic rings. The summed E-state index contributed by atoms with van der Waals surface area (Å²) in [4.78, 5) is 23.7. The molecule has 8 heteroatoms. The smallest absolute Gasteiger partial charge is 0.296 e. The van der Waals surface area contributed by atoms with E-state index in [0.29, 0.717) is 22.1 Å². The van der Waals surface area contributed by atoms with Crippen molar-refractivity contribution in [1.82, 2.24) is 9.97 Å². The Balaban J connectivity index is 1.83. The third kappa shape index (κ3) is 3.29. The summed E-state index contributed by atoms with van der Waals surface area (Å²) in [5.41, 5.74) is 1.38. The van der Waals surface area contributed by atoms with E-state index in [1.807, 2.05) is 24.3 Å². The van der Waals surface area contributed by atoms with Crippen LogP contribution in [0, 0.1) is 0 Å². The van der Waals surface area contributed by atoms with Crippen LogP contribution in [0.1, 0.15) is 16.2 Å². The molecule has 0 bridgehead atoms. The van der Waals surface area contributed by atoms with E-state index in [9.17, 15) is 4.79 Å². The molecular weight excluding hydrogens is 378 g/mol. The van der Waals surface area contributed by atoms with Crippen LogP contribution in [-0.4, -0.2) is 30.1 Å². The number of amides is 1. The molecule has 0 fully saturated rings. The average molecular weight is 395 g/mol. The van der Waals surface area contributed by atoms with Gasteiger partial charge in [-0.2, -0.15) is 0 Å². The fraction of sp³-hybridized carbons (Fsp3) is 0.150. The molecule has 0 aliphatic heterocycles. The highest BCUT2D eigenvalue weighted by atomic mass is 32.1. The third-order valence-corrected chi connectivity index (χ3v) is 5.25. The molecule has 0 radical (unpaired) electrons. The highest BCUT2D eigenvalue weighted by Gasteiger charge is 2.25. The van der Waals surface area contributed by atoms with Gasteiger partial charge in [0.05, 0.1) is 32.7 Å². The van der Waals surface area contributed by atoms with Crippen molar-refractivity contribution in [3.05, 3.63) is 66.4 Å². The number of carbonyl (C=O) groups excluding carboxylic acids is 1. The maximum absolute atomic E-state index is 13.1. The summed E-state index contributed by atoms with van der Waals surface area (Å²) in [6.45, 7) is 0.255. The normalized spacial score (nSPS) is 10.8. The van der Waals surface area contributed by atoms with Crippen LogP contribution in [0.5, 0.6) is 11.5 Å². The predicted molar refractivity (Wildman–Crippen MR) is 106 cm³/mol. The molecule has 28 heavy (non-hydrogen) atoms. The zero-order chi connectivity index (χ0) is 19.5. The highest BCUT2D eigenvalue weighted by molar-refractivity contribution is 7.22. The van der Waals surface area contributed by atoms with Gasteiger partial charge in [0.1, 0.15) is 21.7 Å². The van der Waals surface area contributed by atoms with Gasteiger partial charge < -0.3 is 13.9 Å². The van der Waals surface area contributed by atoms with E-state index in [0.717, 1.165) is 10.4 Å². The summed E-state index contributed by atoms with van der Waals surface area (Å²) in [5.74, 6) is 1.21. The molecule has 7 nitrogen and oxygen atoms in total. The monoisotopic (exact) mass is 395 g/mol. The van der Waals surface area contributed by atoms with Crippen LogP contribution in [0.2, 0.25) is 0 Å². The summed E-state index contributed by atoms with van der Waals surface area (Å²) in [5, 5.41) is 0.504. The number of furan rings is 1. The van der Waals surface area contributed by atoms with E-state index in [1.54, 1.807) is 43.5 Å². The second-order valence-electron chi connectivity index (χ2n) is 5.83. The first-order chi connectivity index (χ1) is 13.7. The topological polar surface area (TPSA) is 77.7 Å². The van der Waals surface area contributed by atoms with Crippen LogP contribution >= 0.6 is 11.3 Å². The van der Waals surface area contributed by atoms with E-state index in [1.165, 1.54) is 17.6 Å². The van der Waals surface area contributed by atoms with Gasteiger partial charge >= 0.3 is 0 Å². The van der Waals surface area contributed by atoms with E-state index in [-0.39, 0.29) is 18.2 Å². The van der Waals surface area contributed by atoms with Crippen molar-refractivity contribution in [3.8, 4) is 11.5 Å². The number of benzene rings is 1. The van der Waals surface area contributed by atoms with Gasteiger partial charge in [0.15, 0.2) is 10.9 Å². The second kappa shape index (κ2) is 7.69. The van der Waals surface area contributed by atoms with Crippen molar-refractivity contribution in [2.75, 3.05) is 19.1 Å². The standard InChI is InChI=1S/C20H17N3O4S/c1-25-14-8-9-15(26-2)18-17(14)22-20(28-18)23(12-13-6-3-4-10-21-13)19(24)16-7-5-11-27-16/h3-11H,12H2,1-2H3. The van der Waals surface area contributed by atoms with E-state index < -0.39 is 0 Å². The Morgan fingerprint density at radius 2 is 1.93 bits per heavy atom. The second-order valence-corrected chi connectivity index (χ2v) is 6.81. The van der Waals surface area contributed by atoms with Crippen LogP contribution < -0.4 is 14.4 Å². The fourth-order valence-corrected chi connectivity index (χ4v) is 3.88. The summed E-state index contributed by atoms with van der Waals surface area (Å²) < 4.78 is 17.0.